The Morgan fingerprint density at radius 2 is 1.87 bits per heavy atom. The summed E-state index contributed by atoms with van der Waals surface area (Å²) in [4.78, 5) is 6.08. The molecule has 0 atom stereocenters. The van der Waals surface area contributed by atoms with Gasteiger partial charge in [-0.1, -0.05) is 26.7 Å². The molecular formula is C16H33F2IN4. The second kappa shape index (κ2) is 13.1. The molecule has 0 radical (unpaired) electrons. The molecule has 2 N–H and O–H groups in total. The maximum atomic E-state index is 12.3. The monoisotopic (exact) mass is 446 g/mol. The van der Waals surface area contributed by atoms with Gasteiger partial charge in [0.2, 0.25) is 0 Å². The lowest BCUT2D eigenvalue weighted by molar-refractivity contribution is 0.0744. The largest absolute Gasteiger partial charge is 0.356 e. The Hall–Kier alpha value is -0.180. The van der Waals surface area contributed by atoms with Crippen molar-refractivity contribution in [1.29, 1.82) is 0 Å². The molecule has 0 bridgehead atoms. The molecule has 23 heavy (non-hydrogen) atoms. The van der Waals surface area contributed by atoms with Crippen molar-refractivity contribution in [2.75, 3.05) is 33.2 Å². The summed E-state index contributed by atoms with van der Waals surface area (Å²) in [6, 6.07) is 0.329. The van der Waals surface area contributed by atoms with Gasteiger partial charge in [-0.2, -0.15) is 0 Å². The van der Waals surface area contributed by atoms with Crippen LogP contribution in [-0.2, 0) is 0 Å². The second-order valence-corrected chi connectivity index (χ2v) is 6.50. The van der Waals surface area contributed by atoms with Crippen LogP contribution >= 0.6 is 24.0 Å². The number of rotatable bonds is 8. The SMILES string of the molecule is CN=C(NCCCCC(C)C)NC1CCN(CC(F)F)CC1.I. The molecule has 0 aromatic heterocycles. The molecule has 1 heterocycles. The number of guanidine groups is 1. The van der Waals surface area contributed by atoms with E-state index in [1.165, 1.54) is 12.8 Å². The van der Waals surface area contributed by atoms with Gasteiger partial charge in [-0.25, -0.2) is 8.78 Å². The molecule has 0 aliphatic carbocycles. The van der Waals surface area contributed by atoms with E-state index in [1.54, 1.807) is 7.05 Å². The Kier molecular flexibility index (Phi) is 13.0. The molecule has 1 aliphatic rings. The van der Waals surface area contributed by atoms with E-state index >= 15 is 0 Å². The van der Waals surface area contributed by atoms with Crippen LogP contribution in [0.4, 0.5) is 8.78 Å². The number of nitrogens with one attached hydrogen (secondary N) is 2. The van der Waals surface area contributed by atoms with E-state index in [2.05, 4.69) is 29.5 Å². The number of halogens is 3. The molecule has 1 aliphatic heterocycles. The molecule has 0 spiro atoms. The van der Waals surface area contributed by atoms with Gasteiger partial charge in [0.1, 0.15) is 0 Å². The van der Waals surface area contributed by atoms with E-state index in [9.17, 15) is 8.78 Å². The standard InChI is InChI=1S/C16H32F2N4.HI/c1-13(2)6-4-5-9-20-16(19-3)21-14-7-10-22(11-8-14)12-15(17)18;/h13-15H,4-12H2,1-3H3,(H2,19,20,21);1H. The molecule has 0 aromatic carbocycles. The zero-order valence-electron chi connectivity index (χ0n) is 14.7. The van der Waals surface area contributed by atoms with Crippen molar-refractivity contribution in [2.24, 2.45) is 10.9 Å². The number of hydrogen-bond acceptors (Lipinski definition) is 2. The van der Waals surface area contributed by atoms with Crippen LogP contribution in [0.3, 0.4) is 0 Å². The predicted molar refractivity (Wildman–Crippen MR) is 104 cm³/mol. The molecule has 0 aromatic rings. The average molecular weight is 446 g/mol. The van der Waals surface area contributed by atoms with Crippen LogP contribution in [0.15, 0.2) is 4.99 Å². The third-order valence-electron chi connectivity index (χ3n) is 4.05. The Labute approximate surface area is 156 Å². The Morgan fingerprint density at radius 3 is 2.39 bits per heavy atom. The van der Waals surface area contributed by atoms with Gasteiger partial charge in [0.15, 0.2) is 5.96 Å². The number of unbranched alkanes of at least 4 members (excludes halogenated alkanes) is 1. The van der Waals surface area contributed by atoms with Gasteiger partial charge in [-0.05, 0) is 25.2 Å². The molecule has 0 amide bonds. The Bertz CT molecular complexity index is 319. The zero-order valence-corrected chi connectivity index (χ0v) is 17.0. The van der Waals surface area contributed by atoms with E-state index in [1.807, 2.05) is 4.90 Å². The summed E-state index contributed by atoms with van der Waals surface area (Å²) < 4.78 is 24.7. The van der Waals surface area contributed by atoms with Gasteiger partial charge in [-0.15, -0.1) is 24.0 Å². The van der Waals surface area contributed by atoms with Gasteiger partial charge in [-0.3, -0.25) is 9.89 Å². The lowest BCUT2D eigenvalue weighted by atomic mass is 10.1. The maximum absolute atomic E-state index is 12.3. The molecule has 1 rings (SSSR count). The summed E-state index contributed by atoms with van der Waals surface area (Å²) >= 11 is 0. The number of likely N-dealkylation sites (tertiary alicyclic amines) is 1. The van der Waals surface area contributed by atoms with E-state index in [-0.39, 0.29) is 30.5 Å². The van der Waals surface area contributed by atoms with Gasteiger partial charge < -0.3 is 10.6 Å². The van der Waals surface area contributed by atoms with Gasteiger partial charge in [0.25, 0.3) is 6.43 Å². The minimum absolute atomic E-state index is 0. The molecular weight excluding hydrogens is 413 g/mol. The molecule has 1 fully saturated rings. The molecule has 0 unspecified atom stereocenters. The fourth-order valence-electron chi connectivity index (χ4n) is 2.73. The van der Waals surface area contributed by atoms with Crippen molar-refractivity contribution in [1.82, 2.24) is 15.5 Å². The molecule has 7 heteroatoms. The van der Waals surface area contributed by atoms with Crippen LogP contribution in [0.2, 0.25) is 0 Å². The highest BCUT2D eigenvalue weighted by Gasteiger charge is 2.21. The molecule has 4 nitrogen and oxygen atoms in total. The van der Waals surface area contributed by atoms with E-state index < -0.39 is 6.43 Å². The van der Waals surface area contributed by atoms with Crippen LogP contribution in [-0.4, -0.2) is 56.6 Å². The Morgan fingerprint density at radius 1 is 1.22 bits per heavy atom. The summed E-state index contributed by atoms with van der Waals surface area (Å²) in [5.41, 5.74) is 0. The average Bonchev–Trinajstić information content (AvgIpc) is 2.46. The molecule has 1 saturated heterocycles. The zero-order chi connectivity index (χ0) is 16.4. The second-order valence-electron chi connectivity index (χ2n) is 6.50. The van der Waals surface area contributed by atoms with E-state index in [0.717, 1.165) is 50.8 Å². The smallest absolute Gasteiger partial charge is 0.251 e. The first-order chi connectivity index (χ1) is 10.5. The molecule has 0 saturated carbocycles. The van der Waals surface area contributed by atoms with Gasteiger partial charge >= 0.3 is 0 Å². The van der Waals surface area contributed by atoms with Gasteiger partial charge in [0.05, 0.1) is 6.54 Å². The maximum Gasteiger partial charge on any atom is 0.251 e. The first-order valence-electron chi connectivity index (χ1n) is 8.49. The summed E-state index contributed by atoms with van der Waals surface area (Å²) in [5.74, 6) is 1.59. The van der Waals surface area contributed by atoms with Crippen molar-refractivity contribution in [3.8, 4) is 0 Å². The van der Waals surface area contributed by atoms with E-state index in [4.69, 9.17) is 0 Å². The first kappa shape index (κ1) is 22.8. The van der Waals surface area contributed by atoms with Crippen LogP contribution in [0.1, 0.15) is 46.0 Å². The predicted octanol–water partition coefficient (Wildman–Crippen LogP) is 3.33. The quantitative estimate of drug-likeness (QED) is 0.260. The third-order valence-corrected chi connectivity index (χ3v) is 4.05. The van der Waals surface area contributed by atoms with Gasteiger partial charge in [0, 0.05) is 32.7 Å². The number of alkyl halides is 2. The first-order valence-corrected chi connectivity index (χ1v) is 8.49. The Balaban J connectivity index is 0.00000484. The highest BCUT2D eigenvalue weighted by Crippen LogP contribution is 2.11. The van der Waals surface area contributed by atoms with Crippen molar-refractivity contribution < 1.29 is 8.78 Å². The highest BCUT2D eigenvalue weighted by atomic mass is 127. The highest BCUT2D eigenvalue weighted by molar-refractivity contribution is 14.0. The summed E-state index contributed by atoms with van der Waals surface area (Å²) in [6.07, 6.45) is 3.18. The third kappa shape index (κ3) is 11.1. The number of nitrogens with zero attached hydrogens (tertiary/aromatic N) is 2. The number of aliphatic imine (C=N–C) groups is 1. The fraction of sp³-hybridized carbons (Fsp3) is 0.938. The summed E-state index contributed by atoms with van der Waals surface area (Å²) in [6.45, 7) is 6.77. The number of piperidine rings is 1. The van der Waals surface area contributed by atoms with Crippen LogP contribution in [0.5, 0.6) is 0 Å². The topological polar surface area (TPSA) is 39.7 Å². The minimum Gasteiger partial charge on any atom is -0.356 e. The lowest BCUT2D eigenvalue weighted by Gasteiger charge is -2.32. The van der Waals surface area contributed by atoms with Crippen LogP contribution < -0.4 is 10.6 Å². The van der Waals surface area contributed by atoms with Crippen LogP contribution in [0.25, 0.3) is 0 Å². The van der Waals surface area contributed by atoms with Crippen molar-refractivity contribution in [2.45, 2.75) is 58.4 Å². The molecule has 138 valence electrons. The summed E-state index contributed by atoms with van der Waals surface area (Å²) in [5, 5.41) is 6.74. The van der Waals surface area contributed by atoms with E-state index in [0.29, 0.717) is 6.04 Å². The lowest BCUT2D eigenvalue weighted by Crippen LogP contribution is -2.49. The fourth-order valence-corrected chi connectivity index (χ4v) is 2.73. The summed E-state index contributed by atoms with van der Waals surface area (Å²) in [7, 11) is 1.77. The van der Waals surface area contributed by atoms with Crippen LogP contribution in [0, 0.1) is 5.92 Å². The van der Waals surface area contributed by atoms with Crippen molar-refractivity contribution >= 4 is 29.9 Å². The minimum atomic E-state index is -2.23. The normalized spacial score (nSPS) is 17.4. The van der Waals surface area contributed by atoms with Crippen molar-refractivity contribution in [3.05, 3.63) is 0 Å². The van der Waals surface area contributed by atoms with Crippen molar-refractivity contribution in [3.63, 3.8) is 0 Å². The number of hydrogen-bond donors (Lipinski definition) is 2.